The van der Waals surface area contributed by atoms with Gasteiger partial charge in [-0.2, -0.15) is 0 Å². The van der Waals surface area contributed by atoms with Gasteiger partial charge in [0.25, 0.3) is 0 Å². The van der Waals surface area contributed by atoms with Gasteiger partial charge in [0, 0.05) is 5.56 Å². The largest absolute Gasteiger partial charge is 0.506 e. The Morgan fingerprint density at radius 1 is 1.04 bits per heavy atom. The molecule has 0 aliphatic rings. The van der Waals surface area contributed by atoms with Gasteiger partial charge >= 0.3 is 0 Å². The topological polar surface area (TPSA) is 20.2 Å². The number of aromatic hydroxyl groups is 1. The van der Waals surface area contributed by atoms with Gasteiger partial charge in [0.1, 0.15) is 11.6 Å². The van der Waals surface area contributed by atoms with Gasteiger partial charge in [0.15, 0.2) is 0 Å². The lowest BCUT2D eigenvalue weighted by Crippen LogP contribution is -2.26. The van der Waals surface area contributed by atoms with Crippen LogP contribution in [0.4, 0.5) is 4.39 Å². The second kappa shape index (κ2) is 6.42. The minimum atomic E-state index is -0.320. The quantitative estimate of drug-likeness (QED) is 0.555. The van der Waals surface area contributed by atoms with Crippen molar-refractivity contribution in [3.05, 3.63) is 51.3 Å². The fraction of sp³-hybridized carbons (Fsp3) is 0.400. The first-order valence-corrected chi connectivity index (χ1v) is 8.88. The average Bonchev–Trinajstić information content (AvgIpc) is 2.43. The van der Waals surface area contributed by atoms with E-state index in [1.165, 1.54) is 0 Å². The Hall–Kier alpha value is -1.10. The standard InChI is InChI=1S/C20H24FIO/c1-19(2,3)12-20(4,5)15-11-14(13-9-7-6-8-10-13)18(23)17(22)16(15)21/h6-11,23H,12H2,1-5H3. The van der Waals surface area contributed by atoms with E-state index in [-0.39, 0.29) is 22.4 Å². The number of rotatable bonds is 3. The van der Waals surface area contributed by atoms with Crippen molar-refractivity contribution >= 4 is 22.6 Å². The zero-order chi connectivity index (χ0) is 17.4. The summed E-state index contributed by atoms with van der Waals surface area (Å²) in [6, 6.07) is 11.5. The second-order valence-corrected chi connectivity index (χ2v) is 9.01. The van der Waals surface area contributed by atoms with Crippen molar-refractivity contribution in [3.63, 3.8) is 0 Å². The zero-order valence-corrected chi connectivity index (χ0v) is 16.5. The summed E-state index contributed by atoms with van der Waals surface area (Å²) in [5, 5.41) is 10.4. The van der Waals surface area contributed by atoms with Crippen LogP contribution in [0.2, 0.25) is 0 Å². The summed E-state index contributed by atoms with van der Waals surface area (Å²) in [6.45, 7) is 10.6. The number of phenols is 1. The van der Waals surface area contributed by atoms with Crippen molar-refractivity contribution in [2.24, 2.45) is 5.41 Å². The lowest BCUT2D eigenvalue weighted by atomic mass is 9.71. The Kier molecular flexibility index (Phi) is 5.09. The van der Waals surface area contributed by atoms with Gasteiger partial charge in [-0.25, -0.2) is 4.39 Å². The van der Waals surface area contributed by atoms with Gasteiger partial charge in [0.05, 0.1) is 3.57 Å². The third-order valence-electron chi connectivity index (χ3n) is 3.97. The van der Waals surface area contributed by atoms with E-state index in [4.69, 9.17) is 0 Å². The van der Waals surface area contributed by atoms with Crippen LogP contribution in [0.25, 0.3) is 11.1 Å². The minimum Gasteiger partial charge on any atom is -0.506 e. The van der Waals surface area contributed by atoms with Crippen molar-refractivity contribution in [1.82, 2.24) is 0 Å². The van der Waals surface area contributed by atoms with Crippen LogP contribution in [0.1, 0.15) is 46.6 Å². The molecule has 0 spiro atoms. The van der Waals surface area contributed by atoms with E-state index in [0.717, 1.165) is 12.0 Å². The van der Waals surface area contributed by atoms with Crippen LogP contribution < -0.4 is 0 Å². The summed E-state index contributed by atoms with van der Waals surface area (Å²) in [4.78, 5) is 0. The number of hydrogen-bond donors (Lipinski definition) is 1. The fourth-order valence-electron chi connectivity index (χ4n) is 3.37. The molecular formula is C20H24FIO. The SMILES string of the molecule is CC(C)(C)CC(C)(C)c1cc(-c2ccccc2)c(O)c(I)c1F. The third kappa shape index (κ3) is 4.06. The Bertz CT molecular complexity index is 700. The zero-order valence-electron chi connectivity index (χ0n) is 14.4. The summed E-state index contributed by atoms with van der Waals surface area (Å²) in [5.74, 6) is -0.290. The molecule has 1 nitrogen and oxygen atoms in total. The number of halogens is 2. The molecule has 0 saturated carbocycles. The first-order chi connectivity index (χ1) is 10.5. The van der Waals surface area contributed by atoms with Crippen LogP contribution in [0.3, 0.4) is 0 Å². The Morgan fingerprint density at radius 3 is 2.13 bits per heavy atom. The lowest BCUT2D eigenvalue weighted by molar-refractivity contribution is 0.278. The second-order valence-electron chi connectivity index (χ2n) is 7.94. The van der Waals surface area contributed by atoms with Crippen molar-refractivity contribution in [2.45, 2.75) is 46.5 Å². The molecule has 0 aromatic heterocycles. The van der Waals surface area contributed by atoms with Crippen LogP contribution in [-0.4, -0.2) is 5.11 Å². The number of benzene rings is 2. The highest BCUT2D eigenvalue weighted by atomic mass is 127. The first-order valence-electron chi connectivity index (χ1n) is 7.80. The number of phenolic OH excluding ortho intramolecular Hbond substituents is 1. The molecule has 0 fully saturated rings. The molecule has 0 heterocycles. The molecule has 3 heteroatoms. The molecule has 1 N–H and O–H groups in total. The summed E-state index contributed by atoms with van der Waals surface area (Å²) >= 11 is 1.90. The van der Waals surface area contributed by atoms with Gasteiger partial charge in [-0.15, -0.1) is 0 Å². The molecule has 124 valence electrons. The van der Waals surface area contributed by atoms with Crippen LogP contribution in [0.15, 0.2) is 36.4 Å². The molecule has 0 unspecified atom stereocenters. The first kappa shape index (κ1) is 18.2. The van der Waals surface area contributed by atoms with Crippen molar-refractivity contribution in [1.29, 1.82) is 0 Å². The molecule has 2 aromatic rings. The molecule has 2 rings (SSSR count). The molecule has 0 aliphatic carbocycles. The molecular weight excluding hydrogens is 402 g/mol. The lowest BCUT2D eigenvalue weighted by Gasteiger charge is -2.34. The van der Waals surface area contributed by atoms with Gasteiger partial charge in [-0.1, -0.05) is 65.0 Å². The maximum Gasteiger partial charge on any atom is 0.144 e. The van der Waals surface area contributed by atoms with Crippen LogP contribution in [0, 0.1) is 14.8 Å². The highest BCUT2D eigenvalue weighted by Gasteiger charge is 2.32. The van der Waals surface area contributed by atoms with E-state index in [1.54, 1.807) is 0 Å². The van der Waals surface area contributed by atoms with Gasteiger partial charge in [0.2, 0.25) is 0 Å². The van der Waals surface area contributed by atoms with E-state index in [0.29, 0.717) is 14.7 Å². The van der Waals surface area contributed by atoms with Gasteiger partial charge in [-0.05, 0) is 57.0 Å². The smallest absolute Gasteiger partial charge is 0.144 e. The predicted octanol–water partition coefficient (Wildman–Crippen LogP) is 6.52. The fourth-order valence-corrected chi connectivity index (χ4v) is 3.95. The Labute approximate surface area is 152 Å². The van der Waals surface area contributed by atoms with E-state index in [1.807, 2.05) is 59.0 Å². The molecule has 0 saturated heterocycles. The Morgan fingerprint density at radius 2 is 1.61 bits per heavy atom. The summed E-state index contributed by atoms with van der Waals surface area (Å²) < 4.78 is 15.2. The minimum absolute atomic E-state index is 0.0182. The van der Waals surface area contributed by atoms with Crippen molar-refractivity contribution in [2.75, 3.05) is 0 Å². The van der Waals surface area contributed by atoms with Crippen molar-refractivity contribution < 1.29 is 9.50 Å². The van der Waals surface area contributed by atoms with E-state index in [9.17, 15) is 9.50 Å². The highest BCUT2D eigenvalue weighted by Crippen LogP contribution is 2.43. The van der Waals surface area contributed by atoms with E-state index < -0.39 is 0 Å². The predicted molar refractivity (Wildman–Crippen MR) is 103 cm³/mol. The van der Waals surface area contributed by atoms with Crippen molar-refractivity contribution in [3.8, 4) is 16.9 Å². The molecule has 0 aliphatic heterocycles. The summed E-state index contributed by atoms with van der Waals surface area (Å²) in [5.41, 5.74) is 2.02. The summed E-state index contributed by atoms with van der Waals surface area (Å²) in [7, 11) is 0. The molecule has 0 bridgehead atoms. The maximum absolute atomic E-state index is 14.9. The van der Waals surface area contributed by atoms with Crippen LogP contribution >= 0.6 is 22.6 Å². The van der Waals surface area contributed by atoms with Gasteiger partial charge < -0.3 is 5.11 Å². The summed E-state index contributed by atoms with van der Waals surface area (Å²) in [6.07, 6.45) is 0.853. The maximum atomic E-state index is 14.9. The van der Waals surface area contributed by atoms with E-state index >= 15 is 0 Å². The molecule has 23 heavy (non-hydrogen) atoms. The van der Waals surface area contributed by atoms with Gasteiger partial charge in [-0.3, -0.25) is 0 Å². The normalized spacial score (nSPS) is 12.5. The molecule has 0 atom stereocenters. The molecule has 2 aromatic carbocycles. The molecule has 0 radical (unpaired) electrons. The number of hydrogen-bond acceptors (Lipinski definition) is 1. The average molecular weight is 426 g/mol. The van der Waals surface area contributed by atoms with Crippen LogP contribution in [0.5, 0.6) is 5.75 Å². The monoisotopic (exact) mass is 426 g/mol. The third-order valence-corrected chi connectivity index (χ3v) is 4.95. The highest BCUT2D eigenvalue weighted by molar-refractivity contribution is 14.1. The van der Waals surface area contributed by atoms with Crippen LogP contribution in [-0.2, 0) is 5.41 Å². The molecule has 0 amide bonds. The van der Waals surface area contributed by atoms with E-state index in [2.05, 4.69) is 34.6 Å². The Balaban J connectivity index is 2.64.